The van der Waals surface area contributed by atoms with Crippen LogP contribution in [0.4, 0.5) is 0 Å². The average molecular weight is 198 g/mol. The molecule has 3 heteroatoms. The second kappa shape index (κ2) is 6.85. The van der Waals surface area contributed by atoms with Crippen LogP contribution in [0, 0.1) is 0 Å². The average Bonchev–Trinajstić information content (AvgIpc) is 2.21. The second-order valence-corrected chi connectivity index (χ2v) is 3.77. The van der Waals surface area contributed by atoms with Gasteiger partial charge in [0.15, 0.2) is 0 Å². The van der Waals surface area contributed by atoms with Gasteiger partial charge in [-0.3, -0.25) is 4.90 Å². The summed E-state index contributed by atoms with van der Waals surface area (Å²) in [5, 5.41) is 8.79. The zero-order valence-electron chi connectivity index (χ0n) is 9.15. The maximum atomic E-state index is 8.79. The largest absolute Gasteiger partial charge is 0.395 e. The fourth-order valence-electron chi connectivity index (χ4n) is 1.67. The Hall–Kier alpha value is -0.540. The summed E-state index contributed by atoms with van der Waals surface area (Å²) < 4.78 is 0. The molecule has 1 fully saturated rings. The molecule has 1 saturated heterocycles. The molecule has 1 aliphatic heterocycles. The summed E-state index contributed by atoms with van der Waals surface area (Å²) in [4.78, 5) is 4.67. The Labute approximate surface area is 87.0 Å². The highest BCUT2D eigenvalue weighted by Gasteiger charge is 2.12. The van der Waals surface area contributed by atoms with Gasteiger partial charge in [-0.05, 0) is 12.6 Å². The molecule has 0 spiro atoms. The van der Waals surface area contributed by atoms with E-state index < -0.39 is 0 Å². The number of rotatable bonds is 5. The highest BCUT2D eigenvalue weighted by molar-refractivity contribution is 4.85. The zero-order valence-corrected chi connectivity index (χ0v) is 9.15. The maximum Gasteiger partial charge on any atom is 0.0558 e. The molecular weight excluding hydrogens is 176 g/mol. The maximum absolute atomic E-state index is 8.79. The van der Waals surface area contributed by atoms with Crippen molar-refractivity contribution in [2.24, 2.45) is 0 Å². The van der Waals surface area contributed by atoms with E-state index in [9.17, 15) is 0 Å². The van der Waals surface area contributed by atoms with Gasteiger partial charge in [0.1, 0.15) is 0 Å². The van der Waals surface area contributed by atoms with E-state index in [2.05, 4.69) is 29.0 Å². The molecule has 0 atom stereocenters. The summed E-state index contributed by atoms with van der Waals surface area (Å²) in [5.41, 5.74) is 0. The first kappa shape index (κ1) is 11.5. The third-order valence-corrected chi connectivity index (χ3v) is 2.59. The molecule has 0 saturated carbocycles. The number of hydrogen-bond acceptors (Lipinski definition) is 3. The Bertz CT molecular complexity index is 163. The second-order valence-electron chi connectivity index (χ2n) is 3.77. The van der Waals surface area contributed by atoms with Gasteiger partial charge in [-0.2, -0.15) is 0 Å². The smallest absolute Gasteiger partial charge is 0.0558 e. The molecule has 0 aromatic heterocycles. The minimum absolute atomic E-state index is 0.283. The summed E-state index contributed by atoms with van der Waals surface area (Å²) >= 11 is 0. The lowest BCUT2D eigenvalue weighted by Crippen LogP contribution is -2.44. The number of allylic oxidation sites excluding steroid dienone is 1. The van der Waals surface area contributed by atoms with E-state index in [1.165, 1.54) is 12.8 Å². The molecule has 1 rings (SSSR count). The summed E-state index contributed by atoms with van der Waals surface area (Å²) in [6.45, 7) is 7.66. The SMILES string of the molecule is CCC/C=C/N1CCN(CCO)CC1. The lowest BCUT2D eigenvalue weighted by molar-refractivity contribution is 0.138. The Morgan fingerprint density at radius 2 is 1.93 bits per heavy atom. The van der Waals surface area contributed by atoms with E-state index in [4.69, 9.17) is 5.11 Å². The van der Waals surface area contributed by atoms with E-state index in [1.807, 2.05) is 0 Å². The molecule has 1 heterocycles. The van der Waals surface area contributed by atoms with Crippen molar-refractivity contribution in [2.45, 2.75) is 19.8 Å². The normalized spacial score (nSPS) is 19.4. The van der Waals surface area contributed by atoms with E-state index in [0.29, 0.717) is 0 Å². The lowest BCUT2D eigenvalue weighted by Gasteiger charge is -2.33. The monoisotopic (exact) mass is 198 g/mol. The predicted molar refractivity (Wildman–Crippen MR) is 59.1 cm³/mol. The molecule has 14 heavy (non-hydrogen) atoms. The Morgan fingerprint density at radius 3 is 2.50 bits per heavy atom. The topological polar surface area (TPSA) is 26.7 Å². The van der Waals surface area contributed by atoms with Crippen molar-refractivity contribution in [3.8, 4) is 0 Å². The molecule has 0 unspecified atom stereocenters. The number of aliphatic hydroxyl groups excluding tert-OH is 1. The molecule has 0 aliphatic carbocycles. The van der Waals surface area contributed by atoms with Gasteiger partial charge >= 0.3 is 0 Å². The van der Waals surface area contributed by atoms with Crippen molar-refractivity contribution in [3.05, 3.63) is 12.3 Å². The van der Waals surface area contributed by atoms with Gasteiger partial charge in [0.25, 0.3) is 0 Å². The van der Waals surface area contributed by atoms with Crippen molar-refractivity contribution < 1.29 is 5.11 Å². The number of unbranched alkanes of at least 4 members (excludes halogenated alkanes) is 1. The van der Waals surface area contributed by atoms with Crippen molar-refractivity contribution in [2.75, 3.05) is 39.3 Å². The highest BCUT2D eigenvalue weighted by Crippen LogP contribution is 2.02. The van der Waals surface area contributed by atoms with Crippen LogP contribution in [0.15, 0.2) is 12.3 Å². The van der Waals surface area contributed by atoms with Gasteiger partial charge in [0.05, 0.1) is 6.61 Å². The number of β-amino-alcohol motifs (C(OH)–C–C–N with tert-alkyl or cyclic N) is 1. The van der Waals surface area contributed by atoms with Gasteiger partial charge < -0.3 is 10.0 Å². The molecular formula is C11H22N2O. The van der Waals surface area contributed by atoms with Crippen LogP contribution >= 0.6 is 0 Å². The number of aliphatic hydroxyl groups is 1. The van der Waals surface area contributed by atoms with Crippen LogP contribution in [-0.2, 0) is 0 Å². The van der Waals surface area contributed by atoms with E-state index in [-0.39, 0.29) is 6.61 Å². The van der Waals surface area contributed by atoms with Gasteiger partial charge in [0, 0.05) is 32.7 Å². The van der Waals surface area contributed by atoms with Gasteiger partial charge in [-0.15, -0.1) is 0 Å². The first-order valence-electron chi connectivity index (χ1n) is 5.60. The van der Waals surface area contributed by atoms with Crippen LogP contribution in [0.5, 0.6) is 0 Å². The molecule has 82 valence electrons. The summed E-state index contributed by atoms with van der Waals surface area (Å²) in [6, 6.07) is 0. The molecule has 1 N–H and O–H groups in total. The van der Waals surface area contributed by atoms with E-state index >= 15 is 0 Å². The van der Waals surface area contributed by atoms with Crippen LogP contribution < -0.4 is 0 Å². The van der Waals surface area contributed by atoms with Crippen molar-refractivity contribution >= 4 is 0 Å². The number of hydrogen-bond donors (Lipinski definition) is 1. The fourth-order valence-corrected chi connectivity index (χ4v) is 1.67. The summed E-state index contributed by atoms with van der Waals surface area (Å²) in [5.74, 6) is 0. The standard InChI is InChI=1S/C11H22N2O/c1-2-3-4-5-12-6-8-13(9-7-12)10-11-14/h4-5,14H,2-3,6-11H2,1H3/b5-4+. The minimum Gasteiger partial charge on any atom is -0.395 e. The molecule has 0 bridgehead atoms. The predicted octanol–water partition coefficient (Wildman–Crippen LogP) is 0.910. The molecule has 0 aromatic rings. The third-order valence-electron chi connectivity index (χ3n) is 2.59. The van der Waals surface area contributed by atoms with E-state index in [0.717, 1.165) is 32.7 Å². The molecule has 0 radical (unpaired) electrons. The van der Waals surface area contributed by atoms with Crippen LogP contribution in [0.1, 0.15) is 19.8 Å². The van der Waals surface area contributed by atoms with Gasteiger partial charge in [-0.25, -0.2) is 0 Å². The lowest BCUT2D eigenvalue weighted by atomic mass is 10.3. The van der Waals surface area contributed by atoms with Gasteiger partial charge in [-0.1, -0.05) is 19.4 Å². The molecule has 3 nitrogen and oxygen atoms in total. The van der Waals surface area contributed by atoms with Gasteiger partial charge in [0.2, 0.25) is 0 Å². The number of piperazine rings is 1. The molecule has 1 aliphatic rings. The fraction of sp³-hybridized carbons (Fsp3) is 0.818. The third kappa shape index (κ3) is 4.11. The quantitative estimate of drug-likeness (QED) is 0.711. The van der Waals surface area contributed by atoms with Crippen LogP contribution in [0.2, 0.25) is 0 Å². The molecule has 0 amide bonds. The number of nitrogens with zero attached hydrogens (tertiary/aromatic N) is 2. The van der Waals surface area contributed by atoms with E-state index in [1.54, 1.807) is 0 Å². The Kier molecular flexibility index (Phi) is 5.64. The molecule has 0 aromatic carbocycles. The first-order valence-corrected chi connectivity index (χ1v) is 5.60. The Morgan fingerprint density at radius 1 is 1.21 bits per heavy atom. The van der Waals surface area contributed by atoms with Crippen molar-refractivity contribution in [3.63, 3.8) is 0 Å². The van der Waals surface area contributed by atoms with Crippen LogP contribution in [0.25, 0.3) is 0 Å². The van der Waals surface area contributed by atoms with Crippen molar-refractivity contribution in [1.82, 2.24) is 9.80 Å². The summed E-state index contributed by atoms with van der Waals surface area (Å²) in [6.07, 6.45) is 6.87. The van der Waals surface area contributed by atoms with Crippen LogP contribution in [-0.4, -0.2) is 54.2 Å². The first-order chi connectivity index (χ1) is 6.86. The Balaban J connectivity index is 2.15. The highest BCUT2D eigenvalue weighted by atomic mass is 16.3. The minimum atomic E-state index is 0.283. The summed E-state index contributed by atoms with van der Waals surface area (Å²) in [7, 11) is 0. The van der Waals surface area contributed by atoms with Crippen LogP contribution in [0.3, 0.4) is 0 Å². The zero-order chi connectivity index (χ0) is 10.2. The van der Waals surface area contributed by atoms with Crippen molar-refractivity contribution in [1.29, 1.82) is 0 Å².